The van der Waals surface area contributed by atoms with Crippen molar-refractivity contribution in [2.45, 2.75) is 24.0 Å². The van der Waals surface area contributed by atoms with E-state index in [-0.39, 0.29) is 52.2 Å². The van der Waals surface area contributed by atoms with Crippen LogP contribution in [0.1, 0.15) is 34.8 Å². The second kappa shape index (κ2) is 17.6. The van der Waals surface area contributed by atoms with Gasteiger partial charge in [0.25, 0.3) is 20.2 Å². The molecule has 0 saturated heterocycles. The topological polar surface area (TPSA) is 292 Å². The third-order valence-electron chi connectivity index (χ3n) is 7.24. The number of aromatic hydroxyl groups is 1. The van der Waals surface area contributed by atoms with Crippen LogP contribution in [0, 0.1) is 6.08 Å². The van der Waals surface area contributed by atoms with Crippen molar-refractivity contribution in [2.24, 2.45) is 15.3 Å². The molecule has 0 unspecified atom stereocenters. The van der Waals surface area contributed by atoms with Crippen molar-refractivity contribution >= 4 is 70.8 Å². The van der Waals surface area contributed by atoms with Gasteiger partial charge < -0.3 is 20.4 Å². The number of azo groups is 1. The number of carboxylic acids is 1. The number of hydrazone groups is 1. The fourth-order valence-corrected chi connectivity index (χ4v) is 7.29. The summed E-state index contributed by atoms with van der Waals surface area (Å²) in [5.41, 5.74) is 1.28. The largest absolute Gasteiger partial charge is 0.504 e. The van der Waals surface area contributed by atoms with Crippen LogP contribution in [0.2, 0.25) is 0 Å². The molecule has 0 bridgehead atoms. The zero-order chi connectivity index (χ0) is 40.6. The molecule has 1 heterocycles. The van der Waals surface area contributed by atoms with Gasteiger partial charge in [0.1, 0.15) is 17.1 Å². The third kappa shape index (κ3) is 11.9. The smallest absolute Gasteiger partial charge is 0.337 e. The van der Waals surface area contributed by atoms with Crippen LogP contribution in [0.25, 0.3) is 0 Å². The van der Waals surface area contributed by atoms with Crippen molar-refractivity contribution in [2.75, 3.05) is 47.9 Å². The first-order valence-electron chi connectivity index (χ1n) is 15.7. The average Bonchev–Trinajstić information content (AvgIpc) is 3.11. The fourth-order valence-electron chi connectivity index (χ4n) is 4.59. The molecule has 1 aromatic heterocycles. The van der Waals surface area contributed by atoms with E-state index >= 15 is 0 Å². The summed E-state index contributed by atoms with van der Waals surface area (Å²) in [7, 11) is -10.1. The van der Waals surface area contributed by atoms with Gasteiger partial charge in [0, 0.05) is 24.9 Å². The molecule has 294 valence electrons. The number of carboxylic acid groups (broad SMARTS) is 1. The Bertz CT molecular complexity index is 2450. The lowest BCUT2D eigenvalue weighted by Crippen LogP contribution is -2.28. The Morgan fingerprint density at radius 1 is 0.964 bits per heavy atom. The normalized spacial score (nSPS) is 12.5. The summed E-state index contributed by atoms with van der Waals surface area (Å²) in [5, 5.41) is 35.5. The number of phenolic OH excluding ortho intramolecular Hbond substituents is 1. The second-order valence-electron chi connectivity index (χ2n) is 11.4. The lowest BCUT2D eigenvalue weighted by atomic mass is 10.1. The van der Waals surface area contributed by atoms with Crippen molar-refractivity contribution in [1.29, 1.82) is 0 Å². The van der Waals surface area contributed by atoms with Crippen LogP contribution >= 0.6 is 0 Å². The Morgan fingerprint density at radius 2 is 1.65 bits per heavy atom. The highest BCUT2D eigenvalue weighted by Gasteiger charge is 2.22. The van der Waals surface area contributed by atoms with Gasteiger partial charge in [-0.3, -0.25) is 14.2 Å². The van der Waals surface area contributed by atoms with Gasteiger partial charge in [-0.25, -0.2) is 13.2 Å². The number of hydrogen-bond acceptors (Lipinski definition) is 17. The molecule has 0 aliphatic rings. The predicted octanol–water partition coefficient (Wildman–Crippen LogP) is 3.70. The quantitative estimate of drug-likeness (QED) is 0.0193. The number of halogens is 1. The Morgan fingerprint density at radius 3 is 2.29 bits per heavy atom. The number of sulfone groups is 1. The molecular formula is C31H34FN9O11S3. The Kier molecular flexibility index (Phi) is 13.5. The van der Waals surface area contributed by atoms with E-state index in [2.05, 4.69) is 45.2 Å². The highest BCUT2D eigenvalue weighted by molar-refractivity contribution is 7.91. The number of amidine groups is 1. The molecule has 0 fully saturated rings. The van der Waals surface area contributed by atoms with E-state index in [0.29, 0.717) is 6.42 Å². The lowest BCUT2D eigenvalue weighted by molar-refractivity contribution is 0.0697. The molecule has 4 aromatic rings. The van der Waals surface area contributed by atoms with Gasteiger partial charge in [-0.15, -0.1) is 10.2 Å². The summed E-state index contributed by atoms with van der Waals surface area (Å²) in [6.45, 7) is 1.61. The van der Waals surface area contributed by atoms with Gasteiger partial charge >= 0.3 is 12.0 Å². The van der Waals surface area contributed by atoms with Crippen molar-refractivity contribution in [3.63, 3.8) is 0 Å². The van der Waals surface area contributed by atoms with E-state index < -0.39 is 75.8 Å². The predicted molar refractivity (Wildman–Crippen MR) is 197 cm³/mol. The number of aromatic nitrogens is 3. The average molecular weight is 824 g/mol. The van der Waals surface area contributed by atoms with Crippen molar-refractivity contribution < 1.29 is 53.4 Å². The third-order valence-corrected chi connectivity index (χ3v) is 11.0. The number of nitrogens with one attached hydrogen (secondary N) is 2. The van der Waals surface area contributed by atoms with Crippen molar-refractivity contribution in [3.8, 4) is 5.75 Å². The lowest BCUT2D eigenvalue weighted by Gasteiger charge is -2.18. The first-order chi connectivity index (χ1) is 25.8. The molecule has 0 aliphatic heterocycles. The molecule has 0 atom stereocenters. The van der Waals surface area contributed by atoms with Crippen LogP contribution in [-0.2, 0) is 40.0 Å². The molecule has 0 spiro atoms. The maximum atomic E-state index is 14.6. The minimum atomic E-state index is -4.49. The van der Waals surface area contributed by atoms with E-state index in [1.165, 1.54) is 30.1 Å². The number of hydrogen-bond donors (Lipinski definition) is 5. The molecule has 0 aliphatic carbocycles. The van der Waals surface area contributed by atoms with Crippen LogP contribution in [0.4, 0.5) is 33.3 Å². The van der Waals surface area contributed by atoms with Gasteiger partial charge in [-0.2, -0.15) is 41.3 Å². The van der Waals surface area contributed by atoms with Crippen LogP contribution in [-0.4, -0.2) is 99.0 Å². The monoisotopic (exact) mass is 823 g/mol. The maximum absolute atomic E-state index is 14.6. The van der Waals surface area contributed by atoms with Crippen molar-refractivity contribution in [1.82, 2.24) is 15.0 Å². The summed E-state index contributed by atoms with van der Waals surface area (Å²) in [6, 6.07) is 13.1. The van der Waals surface area contributed by atoms with E-state index in [1.807, 2.05) is 0 Å². The number of rotatable bonds is 17. The molecule has 0 saturated carbocycles. The van der Waals surface area contributed by atoms with Crippen LogP contribution < -0.4 is 15.6 Å². The standard InChI is InChI=1S/C31H34FN9O11S3/c1-4-13-53(45,46)14-12-41(2)31-35-29(32)34-30(36-31)33-24-16-21(55(50,51)52-3)17-25(26(24)42)38-40-27(20-8-6-5-7-9-20)39-37-23-15-19(18-54(47,48)49)10-11-22(23)28(43)44/h5-11,15-17,38,42H,4,12-14,18H2,1-3H3,(H,43,44)(H,47,48,49)(H,33,34,35,36). The Labute approximate surface area is 314 Å². The molecule has 20 nitrogen and oxygen atoms in total. The molecule has 0 radical (unpaired) electrons. The highest BCUT2D eigenvalue weighted by Crippen LogP contribution is 2.37. The van der Waals surface area contributed by atoms with Crippen LogP contribution in [0.15, 0.2) is 80.9 Å². The molecule has 3 aromatic carbocycles. The van der Waals surface area contributed by atoms with E-state index in [0.717, 1.165) is 31.4 Å². The first kappa shape index (κ1) is 42.1. The van der Waals surface area contributed by atoms with Gasteiger partial charge in [0.05, 0.1) is 29.0 Å². The van der Waals surface area contributed by atoms with Gasteiger partial charge in [0.2, 0.25) is 17.7 Å². The number of carbonyl (C=O) groups is 1. The van der Waals surface area contributed by atoms with Crippen LogP contribution in [0.5, 0.6) is 5.75 Å². The highest BCUT2D eigenvalue weighted by atomic mass is 32.2. The fraction of sp³-hybridized carbons (Fsp3) is 0.258. The number of benzene rings is 3. The van der Waals surface area contributed by atoms with E-state index in [9.17, 15) is 49.2 Å². The number of nitrogens with zero attached hydrogens (tertiary/aromatic N) is 7. The zero-order valence-electron chi connectivity index (χ0n) is 29.1. The van der Waals surface area contributed by atoms with Crippen molar-refractivity contribution in [3.05, 3.63) is 83.4 Å². The molecule has 55 heavy (non-hydrogen) atoms. The molecule has 4 rings (SSSR count). The SMILES string of the molecule is CCCS(=O)(=O)CCN(C)c1nc(F)nc(Nc2cc(S(=O)(=O)OC)cc(NN=C(N=Nc3cc(CS(=O)(=O)O)ccc3C(=O)O)c3ccccc3)c2O)n1. The first-order valence-corrected chi connectivity index (χ1v) is 20.5. The number of aromatic carboxylic acids is 1. The van der Waals surface area contributed by atoms with Gasteiger partial charge in [-0.05, 0) is 36.2 Å². The molecule has 5 N–H and O–H groups in total. The van der Waals surface area contributed by atoms with E-state index in [4.69, 9.17) is 0 Å². The number of anilines is 4. The number of phenols is 1. The summed E-state index contributed by atoms with van der Waals surface area (Å²) in [4.78, 5) is 23.8. The molecule has 0 amide bonds. The summed E-state index contributed by atoms with van der Waals surface area (Å²) < 4.78 is 101. The minimum Gasteiger partial charge on any atom is -0.504 e. The Balaban J connectivity index is 1.76. The summed E-state index contributed by atoms with van der Waals surface area (Å²) >= 11 is 0. The molecule has 24 heteroatoms. The van der Waals surface area contributed by atoms with Gasteiger partial charge in [0.15, 0.2) is 15.6 Å². The molecular weight excluding hydrogens is 790 g/mol. The second-order valence-corrected chi connectivity index (χ2v) is 16.9. The summed E-state index contributed by atoms with van der Waals surface area (Å²) in [5.74, 6) is -4.33. The van der Waals surface area contributed by atoms with E-state index in [1.54, 1.807) is 25.1 Å². The van der Waals surface area contributed by atoms with Gasteiger partial charge in [-0.1, -0.05) is 43.3 Å². The zero-order valence-corrected chi connectivity index (χ0v) is 31.6. The van der Waals surface area contributed by atoms with Crippen LogP contribution in [0.3, 0.4) is 0 Å². The maximum Gasteiger partial charge on any atom is 0.337 e. The summed E-state index contributed by atoms with van der Waals surface area (Å²) in [6.07, 6.45) is -0.877. The Hall–Kier alpha value is -5.69. The minimum absolute atomic E-state index is 0.00404.